The molecule has 0 saturated carbocycles. The van der Waals surface area contributed by atoms with Gasteiger partial charge in [0.15, 0.2) is 0 Å². The maximum absolute atomic E-state index is 12.4. The molecule has 0 unspecified atom stereocenters. The number of fused-ring (bicyclic) bond motifs is 1. The number of furan rings is 1. The van der Waals surface area contributed by atoms with Gasteiger partial charge < -0.3 is 14.2 Å². The van der Waals surface area contributed by atoms with Crippen LogP contribution in [0.3, 0.4) is 0 Å². The van der Waals surface area contributed by atoms with Crippen molar-refractivity contribution in [2.75, 3.05) is 25.2 Å². The SMILES string of the molecule is CCc1oc2ccccc2c1CN(C)C(=O)CN1CSCC1=O. The molecule has 1 aliphatic rings. The summed E-state index contributed by atoms with van der Waals surface area (Å²) in [6.45, 7) is 2.69. The van der Waals surface area contributed by atoms with Gasteiger partial charge in [0.2, 0.25) is 11.8 Å². The summed E-state index contributed by atoms with van der Waals surface area (Å²) in [7, 11) is 1.78. The van der Waals surface area contributed by atoms with Crippen molar-refractivity contribution in [3.05, 3.63) is 35.6 Å². The van der Waals surface area contributed by atoms with Crippen molar-refractivity contribution >= 4 is 34.5 Å². The van der Waals surface area contributed by atoms with Gasteiger partial charge in [-0.3, -0.25) is 9.59 Å². The van der Waals surface area contributed by atoms with Crippen LogP contribution in [0, 0.1) is 0 Å². The largest absolute Gasteiger partial charge is 0.461 e. The van der Waals surface area contributed by atoms with Crippen LogP contribution in [0.5, 0.6) is 0 Å². The molecule has 1 aromatic heterocycles. The Bertz CT molecular complexity index is 741. The number of carbonyl (C=O) groups excluding carboxylic acids is 2. The summed E-state index contributed by atoms with van der Waals surface area (Å²) in [6, 6.07) is 7.88. The molecule has 1 aliphatic heterocycles. The van der Waals surface area contributed by atoms with Crippen molar-refractivity contribution in [2.24, 2.45) is 0 Å². The summed E-state index contributed by atoms with van der Waals surface area (Å²) in [5.74, 6) is 1.99. The van der Waals surface area contributed by atoms with E-state index in [2.05, 4.69) is 0 Å². The number of benzene rings is 1. The standard InChI is InChI=1S/C17H20N2O3S/c1-3-14-13(12-6-4-5-7-15(12)22-14)8-18(2)16(20)9-19-11-23-10-17(19)21/h4-7H,3,8-11H2,1-2H3. The molecule has 5 nitrogen and oxygen atoms in total. The van der Waals surface area contributed by atoms with Crippen LogP contribution in [-0.2, 0) is 22.6 Å². The Morgan fingerprint density at radius 3 is 2.87 bits per heavy atom. The van der Waals surface area contributed by atoms with E-state index >= 15 is 0 Å². The van der Waals surface area contributed by atoms with Gasteiger partial charge in [-0.1, -0.05) is 25.1 Å². The number of aryl methyl sites for hydroxylation is 1. The first-order chi connectivity index (χ1) is 11.1. The van der Waals surface area contributed by atoms with Crippen LogP contribution < -0.4 is 0 Å². The maximum Gasteiger partial charge on any atom is 0.242 e. The monoisotopic (exact) mass is 332 g/mol. The average Bonchev–Trinajstić information content (AvgIpc) is 3.11. The minimum absolute atomic E-state index is 0.0414. The normalized spacial score (nSPS) is 14.7. The number of rotatable bonds is 5. The fourth-order valence-corrected chi connectivity index (χ4v) is 3.66. The number of amides is 2. The van der Waals surface area contributed by atoms with E-state index in [-0.39, 0.29) is 18.4 Å². The fourth-order valence-electron chi connectivity index (χ4n) is 2.76. The first-order valence-electron chi connectivity index (χ1n) is 7.69. The Balaban J connectivity index is 1.75. The first-order valence-corrected chi connectivity index (χ1v) is 8.84. The van der Waals surface area contributed by atoms with Gasteiger partial charge in [-0.25, -0.2) is 0 Å². The maximum atomic E-state index is 12.4. The Labute approximate surface area is 139 Å². The summed E-state index contributed by atoms with van der Waals surface area (Å²) in [6.07, 6.45) is 0.785. The second-order valence-electron chi connectivity index (χ2n) is 5.67. The van der Waals surface area contributed by atoms with Gasteiger partial charge in [0.1, 0.15) is 17.9 Å². The van der Waals surface area contributed by atoms with Crippen molar-refractivity contribution in [2.45, 2.75) is 19.9 Å². The molecule has 2 amide bonds. The van der Waals surface area contributed by atoms with Gasteiger partial charge in [0, 0.05) is 31.0 Å². The highest BCUT2D eigenvalue weighted by atomic mass is 32.2. The number of para-hydroxylation sites is 1. The third-order valence-electron chi connectivity index (χ3n) is 4.08. The number of carbonyl (C=O) groups is 2. The molecule has 2 heterocycles. The van der Waals surface area contributed by atoms with E-state index in [1.165, 1.54) is 0 Å². The van der Waals surface area contributed by atoms with Gasteiger partial charge in [-0.05, 0) is 6.07 Å². The molecule has 3 rings (SSSR count). The molecule has 0 bridgehead atoms. The average molecular weight is 332 g/mol. The van der Waals surface area contributed by atoms with E-state index in [1.54, 1.807) is 28.6 Å². The fraction of sp³-hybridized carbons (Fsp3) is 0.412. The molecule has 1 fully saturated rings. The molecule has 0 aliphatic carbocycles. The first kappa shape index (κ1) is 15.9. The van der Waals surface area contributed by atoms with Crippen LogP contribution in [0.15, 0.2) is 28.7 Å². The van der Waals surface area contributed by atoms with Crippen molar-refractivity contribution < 1.29 is 14.0 Å². The number of likely N-dealkylation sites (N-methyl/N-ethyl adjacent to an activating group) is 1. The van der Waals surface area contributed by atoms with E-state index in [9.17, 15) is 9.59 Å². The molecule has 23 heavy (non-hydrogen) atoms. The van der Waals surface area contributed by atoms with E-state index < -0.39 is 0 Å². The molecule has 6 heteroatoms. The summed E-state index contributed by atoms with van der Waals surface area (Å²) in [5.41, 5.74) is 1.91. The molecule has 1 aromatic carbocycles. The Morgan fingerprint density at radius 2 is 2.17 bits per heavy atom. The zero-order valence-corrected chi connectivity index (χ0v) is 14.2. The minimum Gasteiger partial charge on any atom is -0.461 e. The van der Waals surface area contributed by atoms with Crippen LogP contribution in [0.2, 0.25) is 0 Å². The van der Waals surface area contributed by atoms with Crippen LogP contribution in [0.4, 0.5) is 0 Å². The lowest BCUT2D eigenvalue weighted by atomic mass is 10.1. The molecular weight excluding hydrogens is 312 g/mol. The Hall–Kier alpha value is -1.95. The molecule has 0 spiro atoms. The highest BCUT2D eigenvalue weighted by Gasteiger charge is 2.25. The predicted octanol–water partition coefficient (Wildman–Crippen LogP) is 2.49. The lowest BCUT2D eigenvalue weighted by Gasteiger charge is -2.21. The van der Waals surface area contributed by atoms with E-state index in [0.717, 1.165) is 28.7 Å². The zero-order chi connectivity index (χ0) is 16.4. The lowest BCUT2D eigenvalue weighted by molar-refractivity contribution is -0.137. The highest BCUT2D eigenvalue weighted by molar-refractivity contribution is 8.00. The molecule has 122 valence electrons. The number of thioether (sulfide) groups is 1. The highest BCUT2D eigenvalue weighted by Crippen LogP contribution is 2.27. The second-order valence-corrected chi connectivity index (χ2v) is 6.63. The third kappa shape index (κ3) is 3.22. The predicted molar refractivity (Wildman–Crippen MR) is 91.1 cm³/mol. The zero-order valence-electron chi connectivity index (χ0n) is 13.4. The van der Waals surface area contributed by atoms with Gasteiger partial charge in [0.05, 0.1) is 11.6 Å². The van der Waals surface area contributed by atoms with Crippen molar-refractivity contribution in [1.82, 2.24) is 9.80 Å². The number of hydrogen-bond acceptors (Lipinski definition) is 4. The molecule has 2 aromatic rings. The van der Waals surface area contributed by atoms with Crippen LogP contribution in [-0.4, -0.2) is 46.8 Å². The second kappa shape index (κ2) is 6.66. The van der Waals surface area contributed by atoms with Crippen molar-refractivity contribution in [1.29, 1.82) is 0 Å². The van der Waals surface area contributed by atoms with E-state index in [0.29, 0.717) is 18.2 Å². The summed E-state index contributed by atoms with van der Waals surface area (Å²) in [4.78, 5) is 27.3. The van der Waals surface area contributed by atoms with Crippen molar-refractivity contribution in [3.8, 4) is 0 Å². The lowest BCUT2D eigenvalue weighted by Crippen LogP contribution is -2.39. The van der Waals surface area contributed by atoms with Gasteiger partial charge in [-0.2, -0.15) is 0 Å². The molecular formula is C17H20N2O3S. The summed E-state index contributed by atoms with van der Waals surface area (Å²) < 4.78 is 5.87. The van der Waals surface area contributed by atoms with Gasteiger partial charge in [0.25, 0.3) is 0 Å². The van der Waals surface area contributed by atoms with Gasteiger partial charge >= 0.3 is 0 Å². The van der Waals surface area contributed by atoms with E-state index in [1.807, 2.05) is 31.2 Å². The topological polar surface area (TPSA) is 53.8 Å². The molecule has 0 N–H and O–H groups in total. The van der Waals surface area contributed by atoms with Crippen LogP contribution in [0.25, 0.3) is 11.0 Å². The van der Waals surface area contributed by atoms with Crippen LogP contribution >= 0.6 is 11.8 Å². The summed E-state index contributed by atoms with van der Waals surface area (Å²) >= 11 is 1.55. The smallest absolute Gasteiger partial charge is 0.242 e. The minimum atomic E-state index is -0.0480. The number of hydrogen-bond donors (Lipinski definition) is 0. The molecule has 0 radical (unpaired) electrons. The van der Waals surface area contributed by atoms with E-state index in [4.69, 9.17) is 4.42 Å². The third-order valence-corrected chi connectivity index (χ3v) is 5.02. The van der Waals surface area contributed by atoms with Crippen LogP contribution in [0.1, 0.15) is 18.2 Å². The Morgan fingerprint density at radius 1 is 1.39 bits per heavy atom. The molecule has 0 atom stereocenters. The molecule has 1 saturated heterocycles. The van der Waals surface area contributed by atoms with Crippen molar-refractivity contribution in [3.63, 3.8) is 0 Å². The van der Waals surface area contributed by atoms with Gasteiger partial charge in [-0.15, -0.1) is 11.8 Å². The Kier molecular flexibility index (Phi) is 4.61. The summed E-state index contributed by atoms with van der Waals surface area (Å²) in [5, 5.41) is 1.05. The quantitative estimate of drug-likeness (QED) is 0.844. The number of nitrogens with zero attached hydrogens (tertiary/aromatic N) is 2.